The number of ether oxygens (including phenoxy) is 1. The van der Waals surface area contributed by atoms with Gasteiger partial charge in [-0.2, -0.15) is 0 Å². The fraction of sp³-hybridized carbons (Fsp3) is 0.304. The first kappa shape index (κ1) is 17.5. The standard InChI is InChI=1S/C23H24N2O2/c1-27-21-8-6-17(7-9-21)14-23(26)25-12-10-18(11-13-25)22-15-19-4-2-3-5-20(19)16-24-22/h2-9,15-16,18H,10-14H2,1H3. The minimum atomic E-state index is 0.199. The van der Waals surface area contributed by atoms with E-state index in [9.17, 15) is 4.79 Å². The van der Waals surface area contributed by atoms with E-state index < -0.39 is 0 Å². The number of carbonyl (C=O) groups excluding carboxylic acids is 1. The van der Waals surface area contributed by atoms with E-state index in [1.165, 1.54) is 10.8 Å². The van der Waals surface area contributed by atoms with Crippen LogP contribution in [-0.4, -0.2) is 36.0 Å². The summed E-state index contributed by atoms with van der Waals surface area (Å²) in [5.74, 6) is 1.44. The minimum Gasteiger partial charge on any atom is -0.497 e. The molecule has 4 nitrogen and oxygen atoms in total. The number of rotatable bonds is 4. The topological polar surface area (TPSA) is 42.4 Å². The number of amides is 1. The number of carbonyl (C=O) groups is 1. The van der Waals surface area contributed by atoms with Gasteiger partial charge in [0, 0.05) is 36.3 Å². The molecule has 1 aliphatic heterocycles. The maximum atomic E-state index is 12.6. The molecule has 1 aromatic heterocycles. The van der Waals surface area contributed by atoms with Crippen LogP contribution < -0.4 is 4.74 Å². The number of likely N-dealkylation sites (tertiary alicyclic amines) is 1. The second kappa shape index (κ2) is 7.78. The van der Waals surface area contributed by atoms with Crippen LogP contribution in [0.5, 0.6) is 5.75 Å². The van der Waals surface area contributed by atoms with Crippen molar-refractivity contribution < 1.29 is 9.53 Å². The number of benzene rings is 2. The third-order valence-corrected chi connectivity index (χ3v) is 5.43. The zero-order valence-corrected chi connectivity index (χ0v) is 15.6. The Kier molecular flexibility index (Phi) is 5.05. The van der Waals surface area contributed by atoms with E-state index in [-0.39, 0.29) is 5.91 Å². The molecule has 138 valence electrons. The summed E-state index contributed by atoms with van der Waals surface area (Å²) in [5.41, 5.74) is 2.18. The molecule has 2 heterocycles. The Bertz CT molecular complexity index is 929. The van der Waals surface area contributed by atoms with Gasteiger partial charge >= 0.3 is 0 Å². The highest BCUT2D eigenvalue weighted by atomic mass is 16.5. The average molecular weight is 360 g/mol. The van der Waals surface area contributed by atoms with Gasteiger partial charge in [0.05, 0.1) is 13.5 Å². The van der Waals surface area contributed by atoms with Crippen molar-refractivity contribution >= 4 is 16.7 Å². The quantitative estimate of drug-likeness (QED) is 0.700. The van der Waals surface area contributed by atoms with Gasteiger partial charge in [-0.25, -0.2) is 0 Å². The molecule has 3 aromatic rings. The van der Waals surface area contributed by atoms with E-state index in [1.807, 2.05) is 41.4 Å². The summed E-state index contributed by atoms with van der Waals surface area (Å²) in [5, 5.41) is 2.41. The Morgan fingerprint density at radius 2 is 1.78 bits per heavy atom. The van der Waals surface area contributed by atoms with Crippen LogP contribution in [0.4, 0.5) is 0 Å². The van der Waals surface area contributed by atoms with Crippen LogP contribution >= 0.6 is 0 Å². The van der Waals surface area contributed by atoms with Crippen molar-refractivity contribution in [1.82, 2.24) is 9.88 Å². The predicted octanol–water partition coefficient (Wildman–Crippen LogP) is 4.19. The Labute approximate surface area is 159 Å². The first-order valence-corrected chi connectivity index (χ1v) is 9.48. The van der Waals surface area contributed by atoms with Crippen molar-refractivity contribution in [3.05, 3.63) is 72.1 Å². The minimum absolute atomic E-state index is 0.199. The van der Waals surface area contributed by atoms with Crippen molar-refractivity contribution in [3.63, 3.8) is 0 Å². The molecule has 0 spiro atoms. The van der Waals surface area contributed by atoms with Gasteiger partial charge in [0.25, 0.3) is 0 Å². The van der Waals surface area contributed by atoms with Crippen molar-refractivity contribution in [3.8, 4) is 5.75 Å². The van der Waals surface area contributed by atoms with Crippen molar-refractivity contribution in [2.24, 2.45) is 0 Å². The molecule has 0 atom stereocenters. The lowest BCUT2D eigenvalue weighted by Crippen LogP contribution is -2.38. The molecule has 0 bridgehead atoms. The van der Waals surface area contributed by atoms with Crippen LogP contribution in [0.2, 0.25) is 0 Å². The van der Waals surface area contributed by atoms with E-state index >= 15 is 0 Å². The van der Waals surface area contributed by atoms with Gasteiger partial charge in [-0.15, -0.1) is 0 Å². The summed E-state index contributed by atoms with van der Waals surface area (Å²) >= 11 is 0. The zero-order chi connectivity index (χ0) is 18.6. The Hall–Kier alpha value is -2.88. The summed E-state index contributed by atoms with van der Waals surface area (Å²) in [6.07, 6.45) is 4.36. The number of aromatic nitrogens is 1. The van der Waals surface area contributed by atoms with Crippen LogP contribution in [0.15, 0.2) is 60.8 Å². The first-order valence-electron chi connectivity index (χ1n) is 9.48. The smallest absolute Gasteiger partial charge is 0.226 e. The highest BCUT2D eigenvalue weighted by Gasteiger charge is 2.24. The maximum Gasteiger partial charge on any atom is 0.226 e. The third kappa shape index (κ3) is 3.95. The summed E-state index contributed by atoms with van der Waals surface area (Å²) < 4.78 is 5.17. The normalized spacial score (nSPS) is 15.1. The number of nitrogens with zero attached hydrogens (tertiary/aromatic N) is 2. The third-order valence-electron chi connectivity index (χ3n) is 5.43. The molecular weight excluding hydrogens is 336 g/mol. The Balaban J connectivity index is 1.36. The number of methoxy groups -OCH3 is 1. The van der Waals surface area contributed by atoms with E-state index in [2.05, 4.69) is 29.2 Å². The summed E-state index contributed by atoms with van der Waals surface area (Å²) in [6.45, 7) is 1.60. The van der Waals surface area contributed by atoms with Gasteiger partial charge in [0.2, 0.25) is 5.91 Å². The zero-order valence-electron chi connectivity index (χ0n) is 15.6. The van der Waals surface area contributed by atoms with Gasteiger partial charge < -0.3 is 9.64 Å². The maximum absolute atomic E-state index is 12.6. The highest BCUT2D eigenvalue weighted by molar-refractivity contribution is 5.82. The van der Waals surface area contributed by atoms with E-state index in [4.69, 9.17) is 4.74 Å². The Morgan fingerprint density at radius 3 is 2.48 bits per heavy atom. The number of hydrogen-bond donors (Lipinski definition) is 0. The van der Waals surface area contributed by atoms with Gasteiger partial charge in [-0.05, 0) is 42.0 Å². The summed E-state index contributed by atoms with van der Waals surface area (Å²) in [6, 6.07) is 18.3. The molecule has 1 aliphatic rings. The van der Waals surface area contributed by atoms with Gasteiger partial charge in [-0.3, -0.25) is 9.78 Å². The fourth-order valence-corrected chi connectivity index (χ4v) is 3.78. The molecule has 4 rings (SSSR count). The largest absolute Gasteiger partial charge is 0.497 e. The van der Waals surface area contributed by atoms with Crippen LogP contribution in [0.25, 0.3) is 10.8 Å². The fourth-order valence-electron chi connectivity index (χ4n) is 3.78. The molecule has 2 aromatic carbocycles. The molecule has 1 saturated heterocycles. The molecule has 0 radical (unpaired) electrons. The molecule has 0 unspecified atom stereocenters. The van der Waals surface area contributed by atoms with E-state index in [0.29, 0.717) is 12.3 Å². The van der Waals surface area contributed by atoms with Gasteiger partial charge in [0.15, 0.2) is 0 Å². The lowest BCUT2D eigenvalue weighted by molar-refractivity contribution is -0.131. The summed E-state index contributed by atoms with van der Waals surface area (Å²) in [4.78, 5) is 19.3. The second-order valence-corrected chi connectivity index (χ2v) is 7.14. The lowest BCUT2D eigenvalue weighted by Gasteiger charge is -2.32. The predicted molar refractivity (Wildman–Crippen MR) is 107 cm³/mol. The van der Waals surface area contributed by atoms with Crippen molar-refractivity contribution in [2.75, 3.05) is 20.2 Å². The number of fused-ring (bicyclic) bond motifs is 1. The average Bonchev–Trinajstić information content (AvgIpc) is 2.74. The molecule has 0 N–H and O–H groups in total. The lowest BCUT2D eigenvalue weighted by atomic mass is 9.92. The molecule has 4 heteroatoms. The van der Waals surface area contributed by atoms with Crippen LogP contribution in [0.1, 0.15) is 30.0 Å². The van der Waals surface area contributed by atoms with Crippen molar-refractivity contribution in [2.45, 2.75) is 25.2 Å². The molecular formula is C23H24N2O2. The molecule has 0 aliphatic carbocycles. The SMILES string of the molecule is COc1ccc(CC(=O)N2CCC(c3cc4ccccc4cn3)CC2)cc1. The molecule has 1 amide bonds. The monoisotopic (exact) mass is 360 g/mol. The second-order valence-electron chi connectivity index (χ2n) is 7.14. The molecule has 0 saturated carbocycles. The molecule has 27 heavy (non-hydrogen) atoms. The summed E-state index contributed by atoms with van der Waals surface area (Å²) in [7, 11) is 1.65. The van der Waals surface area contributed by atoms with Gasteiger partial charge in [0.1, 0.15) is 5.75 Å². The van der Waals surface area contributed by atoms with Crippen molar-refractivity contribution in [1.29, 1.82) is 0 Å². The van der Waals surface area contributed by atoms with Gasteiger partial charge in [-0.1, -0.05) is 36.4 Å². The first-order chi connectivity index (χ1) is 13.2. The van der Waals surface area contributed by atoms with Crippen LogP contribution in [-0.2, 0) is 11.2 Å². The molecule has 1 fully saturated rings. The van der Waals surface area contributed by atoms with Crippen LogP contribution in [0, 0.1) is 0 Å². The van der Waals surface area contributed by atoms with Crippen LogP contribution in [0.3, 0.4) is 0 Å². The number of pyridine rings is 1. The number of hydrogen-bond acceptors (Lipinski definition) is 3. The highest BCUT2D eigenvalue weighted by Crippen LogP contribution is 2.29. The van der Waals surface area contributed by atoms with E-state index in [1.54, 1.807) is 7.11 Å². The number of piperidine rings is 1. The van der Waals surface area contributed by atoms with E-state index in [0.717, 1.165) is 42.9 Å². The Morgan fingerprint density at radius 1 is 1.07 bits per heavy atom.